The summed E-state index contributed by atoms with van der Waals surface area (Å²) in [5, 5.41) is 0. The lowest BCUT2D eigenvalue weighted by Crippen LogP contribution is -2.12. The number of hydrogen-bond donors (Lipinski definition) is 1. The Morgan fingerprint density at radius 2 is 1.91 bits per heavy atom. The second-order valence-electron chi connectivity index (χ2n) is 4.64. The van der Waals surface area contributed by atoms with E-state index in [1.807, 2.05) is 0 Å². The van der Waals surface area contributed by atoms with Gasteiger partial charge in [-0.05, 0) is 42.5 Å². The molecule has 0 aliphatic rings. The zero-order valence-corrected chi connectivity index (χ0v) is 11.6. The first kappa shape index (κ1) is 13.9. The topological polar surface area (TPSA) is 72.0 Å². The molecule has 1 N–H and O–H groups in total. The summed E-state index contributed by atoms with van der Waals surface area (Å²) in [6, 6.07) is 10.2. The van der Waals surface area contributed by atoms with Gasteiger partial charge in [0.15, 0.2) is 0 Å². The van der Waals surface area contributed by atoms with Crippen LogP contribution in [-0.2, 0) is 4.74 Å². The SMILES string of the molecule is COC(=O)c1ccc2nc(-c3ccc(F)cc3)c(=O)[nH]c2c1. The summed E-state index contributed by atoms with van der Waals surface area (Å²) in [5.41, 5.74) is 1.56. The highest BCUT2D eigenvalue weighted by atomic mass is 19.1. The average Bonchev–Trinajstić information content (AvgIpc) is 2.54. The van der Waals surface area contributed by atoms with E-state index in [1.54, 1.807) is 12.1 Å². The number of carbonyl (C=O) groups excluding carboxylic acids is 1. The molecular formula is C16H11FN2O3. The van der Waals surface area contributed by atoms with Crippen LogP contribution in [0.2, 0.25) is 0 Å². The molecule has 110 valence electrons. The maximum atomic E-state index is 13.0. The maximum absolute atomic E-state index is 13.0. The summed E-state index contributed by atoms with van der Waals surface area (Å²) in [6.07, 6.45) is 0. The number of halogens is 1. The van der Waals surface area contributed by atoms with E-state index in [9.17, 15) is 14.0 Å². The largest absolute Gasteiger partial charge is 0.465 e. The number of esters is 1. The summed E-state index contributed by atoms with van der Waals surface area (Å²) >= 11 is 0. The molecule has 3 rings (SSSR count). The Hall–Kier alpha value is -3.02. The summed E-state index contributed by atoms with van der Waals surface area (Å²) in [7, 11) is 1.28. The van der Waals surface area contributed by atoms with Gasteiger partial charge in [0.25, 0.3) is 5.56 Å². The van der Waals surface area contributed by atoms with E-state index in [4.69, 9.17) is 0 Å². The first-order chi connectivity index (χ1) is 10.6. The van der Waals surface area contributed by atoms with Crippen LogP contribution in [0.15, 0.2) is 47.3 Å². The van der Waals surface area contributed by atoms with Crippen molar-refractivity contribution >= 4 is 17.0 Å². The number of aromatic nitrogens is 2. The fraction of sp³-hybridized carbons (Fsp3) is 0.0625. The summed E-state index contributed by atoms with van der Waals surface area (Å²) in [4.78, 5) is 30.6. The van der Waals surface area contributed by atoms with E-state index in [0.717, 1.165) is 0 Å². The number of aromatic amines is 1. The van der Waals surface area contributed by atoms with Gasteiger partial charge in [0.2, 0.25) is 0 Å². The Morgan fingerprint density at radius 3 is 2.59 bits per heavy atom. The zero-order valence-electron chi connectivity index (χ0n) is 11.6. The number of carbonyl (C=O) groups is 1. The third-order valence-electron chi connectivity index (χ3n) is 3.23. The van der Waals surface area contributed by atoms with Crippen LogP contribution < -0.4 is 5.56 Å². The van der Waals surface area contributed by atoms with Crippen LogP contribution in [0.25, 0.3) is 22.3 Å². The molecule has 0 saturated carbocycles. The number of nitrogens with zero attached hydrogens (tertiary/aromatic N) is 1. The van der Waals surface area contributed by atoms with Crippen molar-refractivity contribution in [1.29, 1.82) is 0 Å². The molecule has 0 aliphatic heterocycles. The van der Waals surface area contributed by atoms with E-state index < -0.39 is 11.5 Å². The van der Waals surface area contributed by atoms with Gasteiger partial charge in [0, 0.05) is 5.56 Å². The van der Waals surface area contributed by atoms with Crippen LogP contribution in [0.4, 0.5) is 4.39 Å². The molecule has 1 aromatic heterocycles. The fourth-order valence-electron chi connectivity index (χ4n) is 2.13. The van der Waals surface area contributed by atoms with Crippen LogP contribution in [0, 0.1) is 5.82 Å². The minimum Gasteiger partial charge on any atom is -0.465 e. The van der Waals surface area contributed by atoms with Crippen molar-refractivity contribution in [3.8, 4) is 11.3 Å². The third-order valence-corrected chi connectivity index (χ3v) is 3.23. The lowest BCUT2D eigenvalue weighted by Gasteiger charge is -2.04. The maximum Gasteiger partial charge on any atom is 0.337 e. The van der Waals surface area contributed by atoms with Crippen LogP contribution in [0.1, 0.15) is 10.4 Å². The van der Waals surface area contributed by atoms with Crippen molar-refractivity contribution < 1.29 is 13.9 Å². The molecule has 0 spiro atoms. The number of benzene rings is 2. The molecule has 22 heavy (non-hydrogen) atoms. The molecule has 0 atom stereocenters. The van der Waals surface area contributed by atoms with Gasteiger partial charge in [-0.25, -0.2) is 14.2 Å². The molecule has 2 aromatic carbocycles. The molecule has 1 heterocycles. The molecule has 0 saturated heterocycles. The molecule has 0 aliphatic carbocycles. The van der Waals surface area contributed by atoms with Gasteiger partial charge in [0.05, 0.1) is 23.7 Å². The normalized spacial score (nSPS) is 10.6. The third kappa shape index (κ3) is 2.46. The molecule has 0 unspecified atom stereocenters. The lowest BCUT2D eigenvalue weighted by molar-refractivity contribution is 0.0601. The zero-order chi connectivity index (χ0) is 15.7. The van der Waals surface area contributed by atoms with Gasteiger partial charge in [-0.15, -0.1) is 0 Å². The van der Waals surface area contributed by atoms with Crippen molar-refractivity contribution in [2.45, 2.75) is 0 Å². The smallest absolute Gasteiger partial charge is 0.337 e. The van der Waals surface area contributed by atoms with Crippen LogP contribution in [0.5, 0.6) is 0 Å². The van der Waals surface area contributed by atoms with Gasteiger partial charge in [0.1, 0.15) is 11.5 Å². The molecule has 0 amide bonds. The van der Waals surface area contributed by atoms with Gasteiger partial charge in [-0.3, -0.25) is 4.79 Å². The minimum absolute atomic E-state index is 0.193. The number of ether oxygens (including phenoxy) is 1. The van der Waals surface area contributed by atoms with Crippen molar-refractivity contribution in [2.75, 3.05) is 7.11 Å². The Morgan fingerprint density at radius 1 is 1.18 bits per heavy atom. The number of H-pyrrole nitrogens is 1. The Labute approximate surface area is 124 Å². The standard InChI is InChI=1S/C16H11FN2O3/c1-22-16(21)10-4-7-12-13(8-10)19-15(20)14(18-12)9-2-5-11(17)6-3-9/h2-8H,1H3,(H,19,20). The molecule has 3 aromatic rings. The highest BCUT2D eigenvalue weighted by Crippen LogP contribution is 2.17. The van der Waals surface area contributed by atoms with Gasteiger partial charge in [-0.2, -0.15) is 0 Å². The number of nitrogens with one attached hydrogen (secondary N) is 1. The number of methoxy groups -OCH3 is 1. The summed E-state index contributed by atoms with van der Waals surface area (Å²) in [5.74, 6) is -0.881. The Balaban J connectivity index is 2.15. The van der Waals surface area contributed by atoms with Gasteiger partial charge >= 0.3 is 5.97 Å². The highest BCUT2D eigenvalue weighted by molar-refractivity contribution is 5.93. The van der Waals surface area contributed by atoms with E-state index >= 15 is 0 Å². The molecule has 6 heteroatoms. The molecule has 0 fully saturated rings. The summed E-state index contributed by atoms with van der Waals surface area (Å²) in [6.45, 7) is 0. The first-order valence-corrected chi connectivity index (χ1v) is 6.47. The molecule has 0 bridgehead atoms. The molecular weight excluding hydrogens is 287 g/mol. The second-order valence-corrected chi connectivity index (χ2v) is 4.64. The minimum atomic E-state index is -0.495. The van der Waals surface area contributed by atoms with E-state index in [2.05, 4.69) is 14.7 Å². The first-order valence-electron chi connectivity index (χ1n) is 6.47. The van der Waals surface area contributed by atoms with Crippen LogP contribution in [0.3, 0.4) is 0 Å². The van der Waals surface area contributed by atoms with E-state index in [1.165, 1.54) is 37.4 Å². The second kappa shape index (κ2) is 5.40. The average molecular weight is 298 g/mol. The quantitative estimate of drug-likeness (QED) is 0.738. The van der Waals surface area contributed by atoms with Crippen molar-refractivity contribution in [3.63, 3.8) is 0 Å². The van der Waals surface area contributed by atoms with Crippen molar-refractivity contribution in [3.05, 3.63) is 64.2 Å². The predicted octanol–water partition coefficient (Wildman–Crippen LogP) is 2.52. The Bertz CT molecular complexity index is 917. The van der Waals surface area contributed by atoms with Crippen LogP contribution in [-0.4, -0.2) is 23.0 Å². The van der Waals surface area contributed by atoms with Gasteiger partial charge < -0.3 is 9.72 Å². The number of hydrogen-bond acceptors (Lipinski definition) is 4. The van der Waals surface area contributed by atoms with Gasteiger partial charge in [-0.1, -0.05) is 0 Å². The highest BCUT2D eigenvalue weighted by Gasteiger charge is 2.11. The molecule has 5 nitrogen and oxygen atoms in total. The monoisotopic (exact) mass is 298 g/mol. The predicted molar refractivity (Wildman–Crippen MR) is 79.1 cm³/mol. The van der Waals surface area contributed by atoms with Crippen LogP contribution >= 0.6 is 0 Å². The van der Waals surface area contributed by atoms with E-state index in [-0.39, 0.29) is 11.5 Å². The van der Waals surface area contributed by atoms with Crippen molar-refractivity contribution in [1.82, 2.24) is 9.97 Å². The number of rotatable bonds is 2. The molecule has 0 radical (unpaired) electrons. The van der Waals surface area contributed by atoms with E-state index in [0.29, 0.717) is 22.2 Å². The Kier molecular flexibility index (Phi) is 3.42. The number of fused-ring (bicyclic) bond motifs is 1. The fourth-order valence-corrected chi connectivity index (χ4v) is 2.13. The summed E-state index contributed by atoms with van der Waals surface area (Å²) < 4.78 is 17.6. The van der Waals surface area contributed by atoms with Crippen molar-refractivity contribution in [2.24, 2.45) is 0 Å². The lowest BCUT2D eigenvalue weighted by atomic mass is 10.1.